The van der Waals surface area contributed by atoms with Gasteiger partial charge in [-0.3, -0.25) is 4.79 Å². The predicted molar refractivity (Wildman–Crippen MR) is 186 cm³/mol. The summed E-state index contributed by atoms with van der Waals surface area (Å²) in [5, 5.41) is 3.03. The predicted octanol–water partition coefficient (Wildman–Crippen LogP) is 11.1. The Morgan fingerprint density at radius 2 is 1.16 bits per heavy atom. The summed E-state index contributed by atoms with van der Waals surface area (Å²) in [5.41, 5.74) is -0.0145. The third-order valence-corrected chi connectivity index (χ3v) is 10.1. The largest absolute Gasteiger partial charge is 0.494 e. The zero-order valence-electron chi connectivity index (χ0n) is 33.3. The van der Waals surface area contributed by atoms with Gasteiger partial charge in [0.05, 0.1) is 19.8 Å². The molecule has 1 aromatic rings. The topological polar surface area (TPSA) is 83.1 Å². The monoisotopic (exact) mass is 917 g/mol. The van der Waals surface area contributed by atoms with Gasteiger partial charge in [-0.15, -0.1) is 0 Å². The number of carbonyl (C=O) groups is 2. The second kappa shape index (κ2) is 20.8. The Hall–Kier alpha value is -3.50. The van der Waals surface area contributed by atoms with Gasteiger partial charge in [-0.25, -0.2) is 22.4 Å². The van der Waals surface area contributed by atoms with Crippen LogP contribution in [0.4, 0.5) is 70.2 Å². The van der Waals surface area contributed by atoms with Gasteiger partial charge in [-0.05, 0) is 69.2 Å². The van der Waals surface area contributed by atoms with Crippen LogP contribution in [-0.2, 0) is 23.8 Å². The Kier molecular flexibility index (Phi) is 18.3. The third-order valence-electron chi connectivity index (χ3n) is 10.1. The molecule has 0 spiro atoms. The molecule has 1 aliphatic rings. The fourth-order valence-corrected chi connectivity index (χ4v) is 5.54. The number of amides is 1. The zero-order valence-corrected chi connectivity index (χ0v) is 33.3. The molecule has 0 aliphatic heterocycles. The molecule has 1 fully saturated rings. The quantitative estimate of drug-likeness (QED) is 0.0346. The van der Waals surface area contributed by atoms with Gasteiger partial charge < -0.3 is 24.3 Å². The summed E-state index contributed by atoms with van der Waals surface area (Å²) >= 11 is 0. The molecule has 7 nitrogen and oxygen atoms in total. The lowest BCUT2D eigenvalue weighted by Crippen LogP contribution is -2.58. The molecule has 0 heterocycles. The molecule has 61 heavy (non-hydrogen) atoms. The number of alkyl halides is 16. The molecule has 0 unspecified atom stereocenters. The fraction of sp³-hybridized carbons (Fsp3) is 0.737. The van der Waals surface area contributed by atoms with Gasteiger partial charge in [0.25, 0.3) is 0 Å². The van der Waals surface area contributed by atoms with E-state index in [9.17, 15) is 79.8 Å². The molecular formula is C38H47F16NO6. The van der Waals surface area contributed by atoms with Crippen LogP contribution < -0.4 is 10.1 Å². The highest BCUT2D eigenvalue weighted by molar-refractivity contribution is 5.87. The number of ether oxygens (including phenoxy) is 4. The van der Waals surface area contributed by atoms with Crippen molar-refractivity contribution in [2.45, 2.75) is 152 Å². The van der Waals surface area contributed by atoms with E-state index in [1.54, 1.807) is 0 Å². The lowest BCUT2D eigenvalue weighted by molar-refractivity contribution is -0.347. The fourth-order valence-electron chi connectivity index (χ4n) is 5.54. The van der Waals surface area contributed by atoms with Crippen LogP contribution in [0.5, 0.6) is 5.75 Å². The van der Waals surface area contributed by atoms with Crippen molar-refractivity contribution in [2.75, 3.05) is 19.8 Å². The summed E-state index contributed by atoms with van der Waals surface area (Å²) in [6.07, 6.45) is -11.1. The van der Waals surface area contributed by atoms with E-state index in [-0.39, 0.29) is 36.8 Å². The lowest BCUT2D eigenvalue weighted by Gasteiger charge is -2.35. The number of carbonyl (C=O) groups excluding carboxylic acids is 2. The molecule has 2 rings (SSSR count). The second-order valence-electron chi connectivity index (χ2n) is 15.2. The molecule has 1 saturated carbocycles. The highest BCUT2D eigenvalue weighted by atomic mass is 19.4. The van der Waals surface area contributed by atoms with E-state index < -0.39 is 98.0 Å². The Morgan fingerprint density at radius 3 is 1.59 bits per heavy atom. The summed E-state index contributed by atoms with van der Waals surface area (Å²) < 4.78 is 235. The Balaban J connectivity index is 2.01. The molecule has 1 amide bonds. The SMILES string of the molecule is CCC(C)(C)C(=O)N[C@H]1CC[C@H](OC(=O)/C=C/c2ccc(OCCCC(C)(OCCC(F)(F)C(F)(F)C(F)(F)C(F)F)OCCC(F)(F)C(F)(F)C(F)(F)C(F)F)cc2)CC1. The molecular weight excluding hydrogens is 870 g/mol. The average Bonchev–Trinajstić information content (AvgIpc) is 3.16. The van der Waals surface area contributed by atoms with Crippen LogP contribution in [0.2, 0.25) is 0 Å². The van der Waals surface area contributed by atoms with Crippen LogP contribution in [0.15, 0.2) is 30.3 Å². The molecule has 1 aliphatic carbocycles. The smallest absolute Gasteiger partial charge is 0.377 e. The molecule has 0 radical (unpaired) electrons. The van der Waals surface area contributed by atoms with Crippen LogP contribution in [0, 0.1) is 5.41 Å². The number of benzene rings is 1. The number of hydrogen-bond acceptors (Lipinski definition) is 6. The maximum absolute atomic E-state index is 14.1. The summed E-state index contributed by atoms with van der Waals surface area (Å²) in [5.74, 6) is -41.2. The van der Waals surface area contributed by atoms with Crippen molar-refractivity contribution in [1.82, 2.24) is 5.32 Å². The first-order chi connectivity index (χ1) is 27.8. The van der Waals surface area contributed by atoms with E-state index >= 15 is 0 Å². The van der Waals surface area contributed by atoms with Crippen molar-refractivity contribution in [1.29, 1.82) is 0 Å². The van der Waals surface area contributed by atoms with Crippen molar-refractivity contribution in [3.05, 3.63) is 35.9 Å². The van der Waals surface area contributed by atoms with E-state index in [2.05, 4.69) is 5.32 Å². The van der Waals surface area contributed by atoms with Crippen LogP contribution in [-0.4, -0.2) is 98.0 Å². The van der Waals surface area contributed by atoms with Gasteiger partial charge in [-0.1, -0.05) is 32.9 Å². The molecule has 352 valence electrons. The number of nitrogens with one attached hydrogen (secondary N) is 1. The van der Waals surface area contributed by atoms with Gasteiger partial charge in [-0.2, -0.15) is 52.7 Å². The van der Waals surface area contributed by atoms with Crippen molar-refractivity contribution in [3.8, 4) is 5.75 Å². The summed E-state index contributed by atoms with van der Waals surface area (Å²) in [6.45, 7) is 2.48. The normalized spacial score (nSPS) is 17.9. The van der Waals surface area contributed by atoms with E-state index in [0.717, 1.165) is 0 Å². The molecule has 1 aromatic carbocycles. The molecule has 0 saturated heterocycles. The number of rotatable bonds is 25. The van der Waals surface area contributed by atoms with Crippen LogP contribution in [0.25, 0.3) is 6.08 Å². The highest BCUT2D eigenvalue weighted by Crippen LogP contribution is 2.51. The van der Waals surface area contributed by atoms with Crippen LogP contribution in [0.3, 0.4) is 0 Å². The van der Waals surface area contributed by atoms with Crippen LogP contribution >= 0.6 is 0 Å². The number of halogens is 16. The first-order valence-corrected chi connectivity index (χ1v) is 18.8. The van der Waals surface area contributed by atoms with Crippen molar-refractivity contribution in [2.24, 2.45) is 5.41 Å². The van der Waals surface area contributed by atoms with Crippen molar-refractivity contribution < 1.29 is 98.8 Å². The van der Waals surface area contributed by atoms with Gasteiger partial charge in [0.15, 0.2) is 5.79 Å². The van der Waals surface area contributed by atoms with Gasteiger partial charge in [0.1, 0.15) is 11.9 Å². The molecule has 23 heteroatoms. The van der Waals surface area contributed by atoms with Crippen molar-refractivity contribution >= 4 is 18.0 Å². The summed E-state index contributed by atoms with van der Waals surface area (Å²) in [4.78, 5) is 24.8. The Labute approximate surface area is 340 Å². The summed E-state index contributed by atoms with van der Waals surface area (Å²) in [7, 11) is 0. The Bertz CT molecular complexity index is 1530. The molecule has 0 atom stereocenters. The maximum Gasteiger partial charge on any atom is 0.377 e. The second-order valence-corrected chi connectivity index (χ2v) is 15.2. The minimum atomic E-state index is -6.64. The first-order valence-electron chi connectivity index (χ1n) is 18.8. The standard InChI is InChI=1S/C38H47F16NO6/c1-5-31(2,3)30(57)55-24-10-14-26(15-11-24)61-27(56)16-9-23-7-12-25(13-8-23)58-20-6-17-32(4,59-21-18-33(43,44)37(51,52)35(47,48)28(39)40)60-22-19-34(45,46)38(53,54)36(49,50)29(41)42/h7-9,12-13,16,24,26,28-29H,5-6,10-11,14-15,17-22H2,1-4H3,(H,55,57)/b16-9+/t24-,26-. The van der Waals surface area contributed by atoms with Crippen molar-refractivity contribution in [3.63, 3.8) is 0 Å². The molecule has 1 N–H and O–H groups in total. The Morgan fingerprint density at radius 1 is 0.705 bits per heavy atom. The summed E-state index contributed by atoms with van der Waals surface area (Å²) in [6, 6.07) is 5.75. The van der Waals surface area contributed by atoms with E-state index in [1.807, 2.05) is 20.8 Å². The van der Waals surface area contributed by atoms with Gasteiger partial charge in [0, 0.05) is 36.8 Å². The van der Waals surface area contributed by atoms with E-state index in [1.165, 1.54) is 36.4 Å². The average molecular weight is 918 g/mol. The first kappa shape index (κ1) is 53.6. The molecule has 0 bridgehead atoms. The van der Waals surface area contributed by atoms with E-state index in [4.69, 9.17) is 18.9 Å². The van der Waals surface area contributed by atoms with Crippen LogP contribution in [0.1, 0.15) is 91.0 Å². The lowest BCUT2D eigenvalue weighted by atomic mass is 9.87. The number of hydrogen-bond donors (Lipinski definition) is 1. The minimum Gasteiger partial charge on any atom is -0.494 e. The minimum absolute atomic E-state index is 0.0350. The molecule has 0 aromatic heterocycles. The third kappa shape index (κ3) is 13.7. The highest BCUT2D eigenvalue weighted by Gasteiger charge is 2.76. The van der Waals surface area contributed by atoms with Gasteiger partial charge in [0.2, 0.25) is 5.91 Å². The van der Waals surface area contributed by atoms with E-state index in [0.29, 0.717) is 44.6 Å². The zero-order chi connectivity index (χ0) is 46.9. The van der Waals surface area contributed by atoms with Gasteiger partial charge >= 0.3 is 54.4 Å². The maximum atomic E-state index is 14.1. The number of esters is 1.